The number of carbonyl (C=O) groups is 1. The van der Waals surface area contributed by atoms with Gasteiger partial charge < -0.3 is 4.74 Å². The maximum atomic E-state index is 11.2. The van der Waals surface area contributed by atoms with Gasteiger partial charge in [0.2, 0.25) is 0 Å². The first-order chi connectivity index (χ1) is 4.91. The van der Waals surface area contributed by atoms with Crippen molar-refractivity contribution in [3.8, 4) is 0 Å². The summed E-state index contributed by atoms with van der Waals surface area (Å²) >= 11 is 0. The fraction of sp³-hybridized carbons (Fsp3) is 0.875. The van der Waals surface area contributed by atoms with Crippen LogP contribution in [0.4, 0.5) is 0 Å². The largest absolute Gasteiger partial charge is 0.472 e. The summed E-state index contributed by atoms with van der Waals surface area (Å²) in [7, 11) is 1.95. The molecule has 2 nitrogen and oxygen atoms in total. The Morgan fingerprint density at radius 3 is 2.27 bits per heavy atom. The molecule has 0 N–H and O–H groups in total. The summed E-state index contributed by atoms with van der Waals surface area (Å²) in [6.07, 6.45) is 0.877. The highest BCUT2D eigenvalue weighted by molar-refractivity contribution is 6.12. The van der Waals surface area contributed by atoms with Gasteiger partial charge in [-0.2, -0.15) is 0 Å². The van der Waals surface area contributed by atoms with Gasteiger partial charge in [0.1, 0.15) is 0 Å². The van der Waals surface area contributed by atoms with Crippen molar-refractivity contribution in [1.29, 1.82) is 0 Å². The minimum absolute atomic E-state index is 0.0231. The van der Waals surface area contributed by atoms with Gasteiger partial charge in [0, 0.05) is 0 Å². The lowest BCUT2D eigenvalue weighted by atomic mass is 9.77. The Bertz CT molecular complexity index is 171. The second-order valence-corrected chi connectivity index (χ2v) is 4.40. The molecule has 0 aliphatic carbocycles. The topological polar surface area (TPSA) is 26.3 Å². The van der Waals surface area contributed by atoms with Crippen molar-refractivity contribution in [2.24, 2.45) is 11.3 Å². The predicted octanol–water partition coefficient (Wildman–Crippen LogP) is 0.555. The molecule has 0 aromatic carbocycles. The number of rotatable bonds is 0. The highest BCUT2D eigenvalue weighted by Crippen LogP contribution is 2.35. The summed E-state index contributed by atoms with van der Waals surface area (Å²) in [5.41, 5.74) is 0.0574. The minimum atomic E-state index is -0.0231. The number of hydrogen-bond donors (Lipinski definition) is 0. The quantitative estimate of drug-likeness (QED) is 0.376. The second-order valence-electron chi connectivity index (χ2n) is 4.40. The maximum absolute atomic E-state index is 11.2. The zero-order valence-corrected chi connectivity index (χ0v) is 7.68. The van der Waals surface area contributed by atoms with Gasteiger partial charge in [0.15, 0.2) is 7.85 Å². The number of cyclic esters (lactones) is 1. The molecule has 0 bridgehead atoms. The molecule has 2 unspecified atom stereocenters. The van der Waals surface area contributed by atoms with Crippen LogP contribution in [0.5, 0.6) is 0 Å². The number of ether oxygens (including phenoxy) is 1. The lowest BCUT2D eigenvalue weighted by molar-refractivity contribution is -0.144. The van der Waals surface area contributed by atoms with Gasteiger partial charge in [-0.25, -0.2) is 0 Å². The van der Waals surface area contributed by atoms with Crippen molar-refractivity contribution in [3.63, 3.8) is 0 Å². The van der Waals surface area contributed by atoms with E-state index >= 15 is 0 Å². The van der Waals surface area contributed by atoms with Gasteiger partial charge in [0.25, 0.3) is 0 Å². The molecule has 1 rings (SSSR count). The second kappa shape index (κ2) is 2.54. The number of hydrogen-bond acceptors (Lipinski definition) is 2. The molecule has 0 saturated carbocycles. The van der Waals surface area contributed by atoms with Crippen LogP contribution in [0.25, 0.3) is 0 Å². The lowest BCUT2D eigenvalue weighted by Gasteiger charge is -2.22. The molecule has 1 heterocycles. The fourth-order valence-corrected chi connectivity index (χ4v) is 1.46. The number of carbonyl (C=O) groups excluding carboxylic acids is 1. The van der Waals surface area contributed by atoms with Gasteiger partial charge in [-0.3, -0.25) is 4.79 Å². The van der Waals surface area contributed by atoms with Crippen LogP contribution in [0.1, 0.15) is 27.2 Å². The average Bonchev–Trinajstić information content (AvgIpc) is 2.08. The van der Waals surface area contributed by atoms with Crippen LogP contribution in [0.15, 0.2) is 0 Å². The summed E-state index contributed by atoms with van der Waals surface area (Å²) in [5.74, 6) is 0.0718. The molecule has 11 heavy (non-hydrogen) atoms. The third-order valence-electron chi connectivity index (χ3n) is 2.21. The molecular formula is C8H15BO2. The van der Waals surface area contributed by atoms with E-state index in [1.54, 1.807) is 0 Å². The van der Waals surface area contributed by atoms with Crippen molar-refractivity contribution >= 4 is 13.8 Å². The first-order valence-corrected chi connectivity index (χ1v) is 4.12. The van der Waals surface area contributed by atoms with Crippen LogP contribution in [0.3, 0.4) is 0 Å². The molecule has 0 spiro atoms. The zero-order chi connectivity index (χ0) is 8.65. The van der Waals surface area contributed by atoms with E-state index in [9.17, 15) is 4.79 Å². The molecule has 0 aromatic rings. The standard InChI is InChI=1S/C8H15BO2/c1-8(2,3)5-4-6(9)11-7(5)10/h5-6H,4,9H2,1-3H3. The summed E-state index contributed by atoms with van der Waals surface area (Å²) in [6.45, 7) is 6.24. The lowest BCUT2D eigenvalue weighted by Crippen LogP contribution is -2.24. The Labute approximate surface area is 68.7 Å². The molecule has 1 fully saturated rings. The van der Waals surface area contributed by atoms with Gasteiger partial charge in [-0.15, -0.1) is 0 Å². The predicted molar refractivity (Wildman–Crippen MR) is 46.0 cm³/mol. The van der Waals surface area contributed by atoms with Gasteiger partial charge in [-0.05, 0) is 11.8 Å². The van der Waals surface area contributed by atoms with Gasteiger partial charge in [0.05, 0.1) is 11.9 Å². The molecule has 1 saturated heterocycles. The molecule has 3 heteroatoms. The number of esters is 1. The Kier molecular flexibility index (Phi) is 1.99. The monoisotopic (exact) mass is 154 g/mol. The van der Waals surface area contributed by atoms with Crippen LogP contribution in [-0.4, -0.2) is 19.8 Å². The van der Waals surface area contributed by atoms with Crippen molar-refractivity contribution < 1.29 is 9.53 Å². The molecule has 1 aliphatic rings. The van der Waals surface area contributed by atoms with Crippen LogP contribution in [0, 0.1) is 11.3 Å². The fourth-order valence-electron chi connectivity index (χ4n) is 1.46. The molecule has 0 aromatic heterocycles. The van der Waals surface area contributed by atoms with E-state index in [1.165, 1.54) is 0 Å². The third kappa shape index (κ3) is 1.76. The normalized spacial score (nSPS) is 32.1. The smallest absolute Gasteiger partial charge is 0.309 e. The average molecular weight is 154 g/mol. The van der Waals surface area contributed by atoms with E-state index in [-0.39, 0.29) is 23.3 Å². The Hall–Kier alpha value is -0.465. The zero-order valence-electron chi connectivity index (χ0n) is 7.68. The molecule has 0 amide bonds. The Balaban J connectivity index is 2.68. The highest BCUT2D eigenvalue weighted by Gasteiger charge is 2.39. The molecular weight excluding hydrogens is 139 g/mol. The molecule has 62 valence electrons. The van der Waals surface area contributed by atoms with Crippen molar-refractivity contribution in [1.82, 2.24) is 0 Å². The van der Waals surface area contributed by atoms with E-state index < -0.39 is 0 Å². The third-order valence-corrected chi connectivity index (χ3v) is 2.21. The summed E-state index contributed by atoms with van der Waals surface area (Å²) < 4.78 is 5.06. The highest BCUT2D eigenvalue weighted by atomic mass is 16.5. The Morgan fingerprint density at radius 1 is 1.55 bits per heavy atom. The first-order valence-electron chi connectivity index (χ1n) is 4.12. The van der Waals surface area contributed by atoms with Crippen LogP contribution in [-0.2, 0) is 9.53 Å². The SMILES string of the molecule is BC1CC(C(C)(C)C)C(=O)O1. The van der Waals surface area contributed by atoms with E-state index in [4.69, 9.17) is 4.74 Å². The van der Waals surface area contributed by atoms with Crippen molar-refractivity contribution in [2.45, 2.75) is 33.2 Å². The maximum Gasteiger partial charge on any atom is 0.309 e. The van der Waals surface area contributed by atoms with Crippen LogP contribution >= 0.6 is 0 Å². The van der Waals surface area contributed by atoms with E-state index in [0.717, 1.165) is 6.42 Å². The molecule has 2 atom stereocenters. The summed E-state index contributed by atoms with van der Waals surface area (Å²) in [6, 6.07) is 0.117. The van der Waals surface area contributed by atoms with Crippen molar-refractivity contribution in [2.75, 3.05) is 0 Å². The van der Waals surface area contributed by atoms with E-state index in [0.29, 0.717) is 0 Å². The van der Waals surface area contributed by atoms with Crippen LogP contribution < -0.4 is 0 Å². The summed E-state index contributed by atoms with van der Waals surface area (Å²) in [4.78, 5) is 11.2. The Morgan fingerprint density at radius 2 is 2.09 bits per heavy atom. The molecule has 0 radical (unpaired) electrons. The summed E-state index contributed by atoms with van der Waals surface area (Å²) in [5, 5.41) is 0. The van der Waals surface area contributed by atoms with Gasteiger partial charge in [-0.1, -0.05) is 20.8 Å². The molecule has 1 aliphatic heterocycles. The van der Waals surface area contributed by atoms with Gasteiger partial charge >= 0.3 is 5.97 Å². The van der Waals surface area contributed by atoms with E-state index in [1.807, 2.05) is 7.85 Å². The van der Waals surface area contributed by atoms with E-state index in [2.05, 4.69) is 20.8 Å². The minimum Gasteiger partial charge on any atom is -0.472 e. The van der Waals surface area contributed by atoms with Crippen LogP contribution in [0.2, 0.25) is 0 Å². The first kappa shape index (κ1) is 8.63. The van der Waals surface area contributed by atoms with Crippen molar-refractivity contribution in [3.05, 3.63) is 0 Å².